The van der Waals surface area contributed by atoms with E-state index in [2.05, 4.69) is 5.32 Å². The van der Waals surface area contributed by atoms with Crippen LogP contribution in [-0.4, -0.2) is 46.1 Å². The van der Waals surface area contributed by atoms with Crippen molar-refractivity contribution in [2.45, 2.75) is 51.9 Å². The van der Waals surface area contributed by atoms with E-state index in [0.29, 0.717) is 30.8 Å². The fraction of sp³-hybridized carbons (Fsp3) is 0.385. The first kappa shape index (κ1) is 23.0. The molecule has 1 aliphatic rings. The van der Waals surface area contributed by atoms with Crippen LogP contribution in [0.5, 0.6) is 0 Å². The van der Waals surface area contributed by atoms with Crippen molar-refractivity contribution in [2.24, 2.45) is 0 Å². The number of amides is 2. The molecule has 33 heavy (non-hydrogen) atoms. The van der Waals surface area contributed by atoms with Gasteiger partial charge in [-0.15, -0.1) is 0 Å². The summed E-state index contributed by atoms with van der Waals surface area (Å²) >= 11 is 0. The summed E-state index contributed by atoms with van der Waals surface area (Å²) in [5.74, 6) is -0.952. The molecule has 0 unspecified atom stereocenters. The number of ether oxygens (including phenoxy) is 1. The van der Waals surface area contributed by atoms with Crippen molar-refractivity contribution in [2.75, 3.05) is 13.2 Å². The van der Waals surface area contributed by atoms with Crippen LogP contribution in [-0.2, 0) is 22.6 Å². The Hall–Kier alpha value is -3.19. The summed E-state index contributed by atoms with van der Waals surface area (Å²) in [4.78, 5) is 28.6. The highest BCUT2D eigenvalue weighted by atomic mass is 19.1. The lowest BCUT2D eigenvalue weighted by Crippen LogP contribution is -2.63. The van der Waals surface area contributed by atoms with Gasteiger partial charge in [-0.05, 0) is 45.4 Å². The van der Waals surface area contributed by atoms with Crippen molar-refractivity contribution < 1.29 is 18.7 Å². The minimum atomic E-state index is -1.19. The molecule has 0 aliphatic carbocycles. The van der Waals surface area contributed by atoms with Crippen molar-refractivity contribution in [3.63, 3.8) is 0 Å². The topological polar surface area (TPSA) is 63.6 Å². The Morgan fingerprint density at radius 1 is 1.18 bits per heavy atom. The van der Waals surface area contributed by atoms with Gasteiger partial charge in [-0.25, -0.2) is 4.39 Å². The number of aromatic nitrogens is 1. The zero-order chi connectivity index (χ0) is 23.6. The number of para-hydroxylation sites is 1. The number of rotatable bonds is 8. The third kappa shape index (κ3) is 4.50. The molecule has 0 fully saturated rings. The monoisotopic (exact) mass is 451 g/mol. The van der Waals surface area contributed by atoms with Crippen LogP contribution in [0.1, 0.15) is 43.2 Å². The summed E-state index contributed by atoms with van der Waals surface area (Å²) in [5, 5.41) is 3.90. The maximum atomic E-state index is 14.5. The smallest absolute Gasteiger partial charge is 0.271 e. The third-order valence-corrected chi connectivity index (χ3v) is 6.17. The molecule has 0 spiro atoms. The standard InChI is InChI=1S/C26H30FN3O3/c1-18(2)33-14-8-13-28-25(32)26(3)17-29-22-12-7-5-9-19(22)15-23(29)24(31)30(26)16-20-10-4-6-11-21(20)27/h4-7,9-12,15,18H,8,13-14,16-17H2,1-3H3,(H,28,32)/t26-/m0/s1. The minimum absolute atomic E-state index is 0.00735. The summed E-state index contributed by atoms with van der Waals surface area (Å²) in [6.45, 7) is 6.95. The molecule has 174 valence electrons. The quantitative estimate of drug-likeness (QED) is 0.524. The predicted molar refractivity (Wildman–Crippen MR) is 125 cm³/mol. The number of carbonyl (C=O) groups is 2. The van der Waals surface area contributed by atoms with E-state index in [1.54, 1.807) is 25.1 Å². The number of hydrogen-bond acceptors (Lipinski definition) is 3. The normalized spacial score (nSPS) is 18.1. The van der Waals surface area contributed by atoms with Gasteiger partial charge in [-0.1, -0.05) is 36.4 Å². The molecule has 2 heterocycles. The molecule has 1 N–H and O–H groups in total. The van der Waals surface area contributed by atoms with Crippen LogP contribution in [0.2, 0.25) is 0 Å². The van der Waals surface area contributed by atoms with Crippen molar-refractivity contribution in [1.29, 1.82) is 0 Å². The first-order valence-electron chi connectivity index (χ1n) is 11.3. The molecule has 0 saturated carbocycles. The lowest BCUT2D eigenvalue weighted by atomic mass is 9.93. The van der Waals surface area contributed by atoms with Gasteiger partial charge in [-0.3, -0.25) is 9.59 Å². The molecular weight excluding hydrogens is 421 g/mol. The van der Waals surface area contributed by atoms with Crippen LogP contribution in [0.3, 0.4) is 0 Å². The molecule has 7 heteroatoms. The second-order valence-corrected chi connectivity index (χ2v) is 8.96. The number of carbonyl (C=O) groups excluding carboxylic acids is 2. The number of hydrogen-bond donors (Lipinski definition) is 1. The van der Waals surface area contributed by atoms with Gasteiger partial charge in [0, 0.05) is 29.6 Å². The lowest BCUT2D eigenvalue weighted by Gasteiger charge is -2.44. The summed E-state index contributed by atoms with van der Waals surface area (Å²) in [7, 11) is 0. The van der Waals surface area contributed by atoms with Gasteiger partial charge in [0.2, 0.25) is 5.91 Å². The van der Waals surface area contributed by atoms with Crippen molar-refractivity contribution in [3.05, 3.63) is 71.7 Å². The van der Waals surface area contributed by atoms with Crippen LogP contribution in [0.25, 0.3) is 10.9 Å². The summed E-state index contributed by atoms with van der Waals surface area (Å²) in [6, 6.07) is 15.9. The molecule has 1 atom stereocenters. The SMILES string of the molecule is CC(C)OCCCNC(=O)[C@]1(C)Cn2c(cc3ccccc32)C(=O)N1Cc1ccccc1F. The predicted octanol–water partition coefficient (Wildman–Crippen LogP) is 4.13. The van der Waals surface area contributed by atoms with Gasteiger partial charge in [0.1, 0.15) is 17.1 Å². The highest BCUT2D eigenvalue weighted by Gasteiger charge is 2.47. The number of fused-ring (bicyclic) bond motifs is 3. The average molecular weight is 452 g/mol. The fourth-order valence-corrected chi connectivity index (χ4v) is 4.33. The van der Waals surface area contributed by atoms with Crippen molar-refractivity contribution in [3.8, 4) is 0 Å². The van der Waals surface area contributed by atoms with Gasteiger partial charge < -0.3 is 19.5 Å². The molecule has 1 aromatic heterocycles. The second kappa shape index (κ2) is 9.35. The van der Waals surface area contributed by atoms with E-state index in [-0.39, 0.29) is 31.0 Å². The average Bonchev–Trinajstić information content (AvgIpc) is 3.15. The van der Waals surface area contributed by atoms with Crippen LogP contribution < -0.4 is 5.32 Å². The van der Waals surface area contributed by atoms with E-state index in [1.807, 2.05) is 48.7 Å². The molecule has 3 aromatic rings. The molecule has 1 aliphatic heterocycles. The number of nitrogens with one attached hydrogen (secondary N) is 1. The lowest BCUT2D eigenvalue weighted by molar-refractivity contribution is -0.133. The molecule has 4 rings (SSSR count). The van der Waals surface area contributed by atoms with Crippen LogP contribution in [0, 0.1) is 5.82 Å². The highest BCUT2D eigenvalue weighted by molar-refractivity contribution is 6.03. The van der Waals surface area contributed by atoms with Crippen molar-refractivity contribution in [1.82, 2.24) is 14.8 Å². The first-order valence-corrected chi connectivity index (χ1v) is 11.3. The van der Waals surface area contributed by atoms with E-state index >= 15 is 0 Å². The second-order valence-electron chi connectivity index (χ2n) is 8.96. The van der Waals surface area contributed by atoms with Crippen LogP contribution in [0.4, 0.5) is 4.39 Å². The van der Waals surface area contributed by atoms with Gasteiger partial charge in [0.05, 0.1) is 19.2 Å². The summed E-state index contributed by atoms with van der Waals surface area (Å²) in [6.07, 6.45) is 0.796. The zero-order valence-corrected chi connectivity index (χ0v) is 19.3. The Bertz CT molecular complexity index is 1170. The van der Waals surface area contributed by atoms with E-state index in [4.69, 9.17) is 4.74 Å². The van der Waals surface area contributed by atoms with Gasteiger partial charge >= 0.3 is 0 Å². The van der Waals surface area contributed by atoms with Gasteiger partial charge in [0.25, 0.3) is 5.91 Å². The Balaban J connectivity index is 1.66. The molecule has 0 bridgehead atoms. The van der Waals surface area contributed by atoms with Crippen molar-refractivity contribution >= 4 is 22.7 Å². The Labute approximate surface area is 193 Å². The molecule has 2 aromatic carbocycles. The van der Waals surface area contributed by atoms with Crippen LogP contribution >= 0.6 is 0 Å². The fourth-order valence-electron chi connectivity index (χ4n) is 4.33. The Morgan fingerprint density at radius 2 is 1.91 bits per heavy atom. The minimum Gasteiger partial charge on any atom is -0.379 e. The zero-order valence-electron chi connectivity index (χ0n) is 19.3. The Kier molecular flexibility index (Phi) is 6.51. The van der Waals surface area contributed by atoms with E-state index in [1.165, 1.54) is 11.0 Å². The maximum Gasteiger partial charge on any atom is 0.271 e. The molecule has 6 nitrogen and oxygen atoms in total. The largest absolute Gasteiger partial charge is 0.379 e. The highest BCUT2D eigenvalue weighted by Crippen LogP contribution is 2.33. The summed E-state index contributed by atoms with van der Waals surface area (Å²) < 4.78 is 21.9. The maximum absolute atomic E-state index is 14.5. The Morgan fingerprint density at radius 3 is 2.67 bits per heavy atom. The summed E-state index contributed by atoms with van der Waals surface area (Å²) in [5.41, 5.74) is 0.589. The molecule has 2 amide bonds. The molecule has 0 saturated heterocycles. The van der Waals surface area contributed by atoms with Crippen LogP contribution in [0.15, 0.2) is 54.6 Å². The first-order chi connectivity index (χ1) is 15.8. The third-order valence-electron chi connectivity index (χ3n) is 6.17. The van der Waals surface area contributed by atoms with E-state index in [0.717, 1.165) is 10.9 Å². The number of benzene rings is 2. The van der Waals surface area contributed by atoms with Gasteiger partial charge in [-0.2, -0.15) is 0 Å². The van der Waals surface area contributed by atoms with Gasteiger partial charge in [0.15, 0.2) is 0 Å². The molecular formula is C26H30FN3O3. The van der Waals surface area contributed by atoms with E-state index < -0.39 is 11.4 Å². The number of halogens is 1. The molecule has 0 radical (unpaired) electrons. The number of nitrogens with zero attached hydrogens (tertiary/aromatic N) is 2. The van der Waals surface area contributed by atoms with E-state index in [9.17, 15) is 14.0 Å².